The number of esters is 1. The highest BCUT2D eigenvalue weighted by Crippen LogP contribution is 2.41. The summed E-state index contributed by atoms with van der Waals surface area (Å²) in [5.74, 6) is -1.06. The number of piperidine rings is 1. The number of pyridine rings is 1. The summed E-state index contributed by atoms with van der Waals surface area (Å²) in [5, 5.41) is 0. The normalized spacial score (nSPS) is 15.7. The van der Waals surface area contributed by atoms with E-state index < -0.39 is 29.3 Å². The zero-order valence-electron chi connectivity index (χ0n) is 30.7. The SMILES string of the molecule is C=CCOC1(C)CCN(c2c(C(OC(C)(C)C)C(=O)OC)c(C)cc3nc(-c4cccc(-c5c(F)cc(F)cc5OC(C)CC=C)c4)cn23)CC1. The van der Waals surface area contributed by atoms with Crippen LogP contribution < -0.4 is 9.64 Å². The van der Waals surface area contributed by atoms with Gasteiger partial charge in [-0.25, -0.2) is 18.6 Å². The molecule has 0 N–H and O–H groups in total. The highest BCUT2D eigenvalue weighted by Gasteiger charge is 2.37. The lowest BCUT2D eigenvalue weighted by atomic mass is 9.92. The number of rotatable bonds is 13. The summed E-state index contributed by atoms with van der Waals surface area (Å²) in [6.45, 7) is 20.9. The summed E-state index contributed by atoms with van der Waals surface area (Å²) in [7, 11) is 1.36. The van der Waals surface area contributed by atoms with Gasteiger partial charge in [0.25, 0.3) is 0 Å². The Bertz CT molecular complexity index is 1910. The number of halogens is 2. The number of benzene rings is 2. The van der Waals surface area contributed by atoms with Crippen molar-refractivity contribution in [1.29, 1.82) is 0 Å². The molecule has 0 aliphatic carbocycles. The Morgan fingerprint density at radius 1 is 1.08 bits per heavy atom. The summed E-state index contributed by atoms with van der Waals surface area (Å²) in [5.41, 5.74) is 3.23. The van der Waals surface area contributed by atoms with Crippen LogP contribution in [0.3, 0.4) is 0 Å². The molecule has 272 valence electrons. The Labute approximate surface area is 299 Å². The third-order valence-electron chi connectivity index (χ3n) is 9.08. The van der Waals surface area contributed by atoms with Gasteiger partial charge in [-0.3, -0.25) is 4.40 Å². The second kappa shape index (κ2) is 15.4. The fourth-order valence-electron chi connectivity index (χ4n) is 6.57. The van der Waals surface area contributed by atoms with E-state index >= 15 is 4.39 Å². The van der Waals surface area contributed by atoms with Crippen LogP contribution in [0.2, 0.25) is 0 Å². The minimum Gasteiger partial charge on any atom is -0.490 e. The van der Waals surface area contributed by atoms with E-state index in [4.69, 9.17) is 23.9 Å². The first-order valence-corrected chi connectivity index (χ1v) is 17.3. The van der Waals surface area contributed by atoms with Crippen molar-refractivity contribution in [1.82, 2.24) is 9.38 Å². The molecule has 2 unspecified atom stereocenters. The average Bonchev–Trinajstić information content (AvgIpc) is 3.49. The van der Waals surface area contributed by atoms with E-state index in [2.05, 4.69) is 25.0 Å². The minimum absolute atomic E-state index is 0.110. The molecule has 0 spiro atoms. The molecule has 8 nitrogen and oxygen atoms in total. The average molecular weight is 702 g/mol. The highest BCUT2D eigenvalue weighted by molar-refractivity contribution is 5.82. The molecule has 2 aromatic carbocycles. The molecule has 0 radical (unpaired) electrons. The third kappa shape index (κ3) is 8.51. The summed E-state index contributed by atoms with van der Waals surface area (Å²) in [6.07, 6.45) is 6.06. The highest BCUT2D eigenvalue weighted by atomic mass is 19.1. The standard InChI is InChI=1S/C41H49F2N3O5/c1-10-13-27(4)50-33-24-30(42)23-31(43)36(33)29-15-12-14-28(22-29)32-25-46-34(44-32)21-26(3)35(37(39(47)48-9)51-40(5,6)7)38(46)45-18-16-41(8,17-19-45)49-20-11-2/h10-12,14-15,21-25,27,37H,1-2,13,16-20H2,3-9H3. The predicted octanol–water partition coefficient (Wildman–Crippen LogP) is 9.19. The number of methoxy groups -OCH3 is 1. The van der Waals surface area contributed by atoms with E-state index in [0.29, 0.717) is 48.6 Å². The quantitative estimate of drug-likeness (QED) is 0.102. The number of hydrogen-bond donors (Lipinski definition) is 0. The number of aryl methyl sites for hydroxylation is 1. The first-order chi connectivity index (χ1) is 24.2. The van der Waals surface area contributed by atoms with Gasteiger partial charge < -0.3 is 23.8 Å². The molecule has 2 atom stereocenters. The number of ether oxygens (including phenoxy) is 4. The second-order valence-corrected chi connectivity index (χ2v) is 14.4. The van der Waals surface area contributed by atoms with Crippen molar-refractivity contribution in [3.63, 3.8) is 0 Å². The first kappa shape index (κ1) is 37.7. The van der Waals surface area contributed by atoms with Crippen LogP contribution in [0.1, 0.15) is 71.1 Å². The Balaban J connectivity index is 1.66. The van der Waals surface area contributed by atoms with Crippen LogP contribution in [-0.4, -0.2) is 59.5 Å². The lowest BCUT2D eigenvalue weighted by Crippen LogP contribution is -2.45. The van der Waals surface area contributed by atoms with E-state index in [-0.39, 0.29) is 23.0 Å². The lowest BCUT2D eigenvalue weighted by Gasteiger charge is -2.41. The fourth-order valence-corrected chi connectivity index (χ4v) is 6.57. The Kier molecular flexibility index (Phi) is 11.4. The number of imidazole rings is 1. The van der Waals surface area contributed by atoms with Gasteiger partial charge in [0.1, 0.15) is 28.8 Å². The maximum absolute atomic E-state index is 15.5. The molecule has 5 rings (SSSR count). The lowest BCUT2D eigenvalue weighted by molar-refractivity contribution is -0.164. The number of aromatic nitrogens is 2. The van der Waals surface area contributed by atoms with Crippen LogP contribution in [0.4, 0.5) is 14.6 Å². The van der Waals surface area contributed by atoms with Gasteiger partial charge in [0, 0.05) is 49.0 Å². The van der Waals surface area contributed by atoms with Gasteiger partial charge in [-0.05, 0) is 77.6 Å². The molecule has 1 fully saturated rings. The number of nitrogens with zero attached hydrogens (tertiary/aromatic N) is 3. The van der Waals surface area contributed by atoms with Crippen LogP contribution in [0.5, 0.6) is 5.75 Å². The second-order valence-electron chi connectivity index (χ2n) is 14.4. The Morgan fingerprint density at radius 2 is 1.78 bits per heavy atom. The van der Waals surface area contributed by atoms with Crippen LogP contribution >= 0.6 is 0 Å². The van der Waals surface area contributed by atoms with Crippen molar-refractivity contribution in [2.75, 3.05) is 31.7 Å². The molecular formula is C41H49F2N3O5. The number of hydrogen-bond acceptors (Lipinski definition) is 7. The summed E-state index contributed by atoms with van der Waals surface area (Å²) in [6, 6.07) is 11.3. The van der Waals surface area contributed by atoms with Gasteiger partial charge in [-0.2, -0.15) is 0 Å². The molecule has 51 heavy (non-hydrogen) atoms. The largest absolute Gasteiger partial charge is 0.490 e. The molecule has 1 aliphatic heterocycles. The number of carbonyl (C=O) groups excluding carboxylic acids is 1. The van der Waals surface area contributed by atoms with Gasteiger partial charge in [-0.1, -0.05) is 30.4 Å². The van der Waals surface area contributed by atoms with Gasteiger partial charge >= 0.3 is 5.97 Å². The van der Waals surface area contributed by atoms with Crippen molar-refractivity contribution in [3.05, 3.63) is 96.7 Å². The van der Waals surface area contributed by atoms with Crippen molar-refractivity contribution in [3.8, 4) is 28.1 Å². The number of fused-ring (bicyclic) bond motifs is 1. The zero-order valence-corrected chi connectivity index (χ0v) is 30.7. The van der Waals surface area contributed by atoms with Gasteiger partial charge in [0.05, 0.1) is 42.3 Å². The zero-order chi connectivity index (χ0) is 37.1. The molecule has 1 saturated heterocycles. The van der Waals surface area contributed by atoms with E-state index in [9.17, 15) is 9.18 Å². The summed E-state index contributed by atoms with van der Waals surface area (Å²) in [4.78, 5) is 20.7. The van der Waals surface area contributed by atoms with Gasteiger partial charge in [0.2, 0.25) is 0 Å². The first-order valence-electron chi connectivity index (χ1n) is 17.3. The smallest absolute Gasteiger partial charge is 0.339 e. The van der Waals surface area contributed by atoms with E-state index in [1.165, 1.54) is 13.2 Å². The van der Waals surface area contributed by atoms with Crippen molar-refractivity contribution >= 4 is 17.4 Å². The van der Waals surface area contributed by atoms with Crippen LogP contribution in [0.15, 0.2) is 74.0 Å². The molecule has 0 bridgehead atoms. The maximum Gasteiger partial charge on any atom is 0.339 e. The summed E-state index contributed by atoms with van der Waals surface area (Å²) >= 11 is 0. The third-order valence-corrected chi connectivity index (χ3v) is 9.08. The van der Waals surface area contributed by atoms with E-state index in [1.807, 2.05) is 69.5 Å². The number of carbonyl (C=O) groups is 1. The van der Waals surface area contributed by atoms with Crippen molar-refractivity contribution < 1.29 is 32.5 Å². The van der Waals surface area contributed by atoms with Crippen molar-refractivity contribution in [2.24, 2.45) is 0 Å². The molecule has 1 aliphatic rings. The summed E-state index contributed by atoms with van der Waals surface area (Å²) < 4.78 is 55.7. The van der Waals surface area contributed by atoms with Gasteiger partial charge in [-0.15, -0.1) is 13.2 Å². The van der Waals surface area contributed by atoms with Crippen LogP contribution in [0, 0.1) is 18.6 Å². The fraction of sp³-hybridized carbons (Fsp3) is 0.415. The molecular weight excluding hydrogens is 652 g/mol. The van der Waals surface area contributed by atoms with Gasteiger partial charge in [0.15, 0.2) is 6.10 Å². The molecule has 3 heterocycles. The molecule has 4 aromatic rings. The Morgan fingerprint density at radius 3 is 2.43 bits per heavy atom. The monoisotopic (exact) mass is 701 g/mol. The predicted molar refractivity (Wildman–Crippen MR) is 197 cm³/mol. The topological polar surface area (TPSA) is 74.5 Å². The number of anilines is 1. The minimum atomic E-state index is -1.00. The molecule has 0 amide bonds. The van der Waals surface area contributed by atoms with Crippen molar-refractivity contribution in [2.45, 2.75) is 84.2 Å². The molecule has 10 heteroatoms. The molecule has 0 saturated carbocycles. The van der Waals surface area contributed by atoms with E-state index in [1.54, 1.807) is 18.2 Å². The Hall–Kier alpha value is -4.54. The van der Waals surface area contributed by atoms with E-state index in [0.717, 1.165) is 35.9 Å². The van der Waals surface area contributed by atoms with Crippen LogP contribution in [0.25, 0.3) is 28.0 Å². The van der Waals surface area contributed by atoms with Crippen LogP contribution in [-0.2, 0) is 19.0 Å². The maximum atomic E-state index is 15.5. The molecule has 2 aromatic heterocycles.